The van der Waals surface area contributed by atoms with Crippen molar-refractivity contribution in [3.8, 4) is 11.3 Å². The highest BCUT2D eigenvalue weighted by molar-refractivity contribution is 5.78. The Hall–Kier alpha value is -2.14. The Morgan fingerprint density at radius 1 is 1.20 bits per heavy atom. The number of hydrogen-bond acceptors (Lipinski definition) is 3. The number of carbonyl (C=O) groups excluding carboxylic acids is 1. The SMILES string of the molecule is O=C1CCCN1CCCn1cnc(-c2ccccc2)c1C1CCOC1. The number of likely N-dealkylation sites (tertiary alicyclic amines) is 1. The van der Waals surface area contributed by atoms with Gasteiger partial charge in [-0.25, -0.2) is 4.98 Å². The van der Waals surface area contributed by atoms with Crippen LogP contribution in [0.2, 0.25) is 0 Å². The normalized spacial score (nSPS) is 20.6. The molecule has 2 aliphatic rings. The van der Waals surface area contributed by atoms with Gasteiger partial charge in [-0.1, -0.05) is 30.3 Å². The van der Waals surface area contributed by atoms with Crippen molar-refractivity contribution in [2.24, 2.45) is 0 Å². The number of ether oxygens (including phenoxy) is 1. The Bertz CT molecular complexity index is 720. The number of rotatable bonds is 6. The van der Waals surface area contributed by atoms with E-state index in [0.29, 0.717) is 18.2 Å². The summed E-state index contributed by atoms with van der Waals surface area (Å²) in [6.07, 6.45) is 5.70. The van der Waals surface area contributed by atoms with Crippen molar-refractivity contribution in [3.05, 3.63) is 42.4 Å². The number of aryl methyl sites for hydroxylation is 1. The third-order valence-corrected chi connectivity index (χ3v) is 5.24. The predicted molar refractivity (Wildman–Crippen MR) is 96.3 cm³/mol. The molecule has 0 radical (unpaired) electrons. The Morgan fingerprint density at radius 2 is 2.08 bits per heavy atom. The highest BCUT2D eigenvalue weighted by Crippen LogP contribution is 2.33. The van der Waals surface area contributed by atoms with Gasteiger partial charge in [-0.3, -0.25) is 4.79 Å². The van der Waals surface area contributed by atoms with Crippen molar-refractivity contribution < 1.29 is 9.53 Å². The zero-order chi connectivity index (χ0) is 17.1. The van der Waals surface area contributed by atoms with Gasteiger partial charge in [0.15, 0.2) is 0 Å². The predicted octanol–water partition coefficient (Wildman–Crippen LogP) is 3.07. The van der Waals surface area contributed by atoms with E-state index in [2.05, 4.69) is 28.8 Å². The first-order chi connectivity index (χ1) is 12.3. The number of imidazole rings is 1. The van der Waals surface area contributed by atoms with Gasteiger partial charge < -0.3 is 14.2 Å². The summed E-state index contributed by atoms with van der Waals surface area (Å²) >= 11 is 0. The lowest BCUT2D eigenvalue weighted by Crippen LogP contribution is -2.26. The smallest absolute Gasteiger partial charge is 0.222 e. The molecule has 0 spiro atoms. The van der Waals surface area contributed by atoms with Crippen LogP contribution in [0.25, 0.3) is 11.3 Å². The third kappa shape index (κ3) is 3.47. The van der Waals surface area contributed by atoms with E-state index in [4.69, 9.17) is 9.72 Å². The van der Waals surface area contributed by atoms with Crippen molar-refractivity contribution in [3.63, 3.8) is 0 Å². The largest absolute Gasteiger partial charge is 0.381 e. The number of aromatic nitrogens is 2. The summed E-state index contributed by atoms with van der Waals surface area (Å²) in [5.74, 6) is 0.714. The van der Waals surface area contributed by atoms with E-state index >= 15 is 0 Å². The lowest BCUT2D eigenvalue weighted by atomic mass is 9.99. The minimum absolute atomic E-state index is 0.306. The molecule has 3 heterocycles. The van der Waals surface area contributed by atoms with Gasteiger partial charge in [-0.05, 0) is 19.3 Å². The molecule has 4 rings (SSSR count). The number of carbonyl (C=O) groups is 1. The van der Waals surface area contributed by atoms with Gasteiger partial charge in [0.2, 0.25) is 5.91 Å². The molecule has 25 heavy (non-hydrogen) atoms. The summed E-state index contributed by atoms with van der Waals surface area (Å²) in [6, 6.07) is 10.4. The van der Waals surface area contributed by atoms with Crippen molar-refractivity contribution in [1.29, 1.82) is 0 Å². The lowest BCUT2D eigenvalue weighted by molar-refractivity contribution is -0.127. The molecule has 0 N–H and O–H groups in total. The topological polar surface area (TPSA) is 47.4 Å². The fraction of sp³-hybridized carbons (Fsp3) is 0.500. The maximum Gasteiger partial charge on any atom is 0.222 e. The standard InChI is InChI=1S/C20H25N3O2/c24-18-8-4-10-22(18)11-5-12-23-15-21-19(16-6-2-1-3-7-16)20(23)17-9-13-25-14-17/h1-3,6-7,15,17H,4-5,8-14H2. The molecule has 2 aliphatic heterocycles. The number of nitrogens with zero attached hydrogens (tertiary/aromatic N) is 3. The van der Waals surface area contributed by atoms with E-state index in [1.165, 1.54) is 5.69 Å². The monoisotopic (exact) mass is 339 g/mol. The second kappa shape index (κ2) is 7.40. The number of benzene rings is 1. The van der Waals surface area contributed by atoms with Crippen LogP contribution in [0.1, 0.15) is 37.3 Å². The average Bonchev–Trinajstić information content (AvgIpc) is 3.37. The van der Waals surface area contributed by atoms with Crippen LogP contribution < -0.4 is 0 Å². The molecule has 2 saturated heterocycles. The van der Waals surface area contributed by atoms with E-state index in [0.717, 1.165) is 63.4 Å². The van der Waals surface area contributed by atoms with E-state index in [9.17, 15) is 4.79 Å². The fourth-order valence-corrected chi connectivity index (χ4v) is 3.94. The Morgan fingerprint density at radius 3 is 2.80 bits per heavy atom. The highest BCUT2D eigenvalue weighted by atomic mass is 16.5. The quantitative estimate of drug-likeness (QED) is 0.813. The highest BCUT2D eigenvalue weighted by Gasteiger charge is 2.26. The first-order valence-electron chi connectivity index (χ1n) is 9.29. The number of amides is 1. The van der Waals surface area contributed by atoms with E-state index in [1.807, 2.05) is 17.3 Å². The molecular weight excluding hydrogens is 314 g/mol. The minimum Gasteiger partial charge on any atom is -0.381 e. The van der Waals surface area contributed by atoms with Crippen molar-refractivity contribution >= 4 is 5.91 Å². The summed E-state index contributed by atoms with van der Waals surface area (Å²) < 4.78 is 7.91. The molecule has 1 atom stereocenters. The summed E-state index contributed by atoms with van der Waals surface area (Å²) in [4.78, 5) is 18.5. The second-order valence-corrected chi connectivity index (χ2v) is 6.94. The molecule has 1 amide bonds. The first-order valence-corrected chi connectivity index (χ1v) is 9.29. The maximum absolute atomic E-state index is 11.8. The summed E-state index contributed by atoms with van der Waals surface area (Å²) in [5.41, 5.74) is 3.53. The van der Waals surface area contributed by atoms with Crippen molar-refractivity contribution in [2.75, 3.05) is 26.3 Å². The average molecular weight is 339 g/mol. The Kier molecular flexibility index (Phi) is 4.83. The van der Waals surface area contributed by atoms with Crippen LogP contribution in [-0.4, -0.2) is 46.7 Å². The molecular formula is C20H25N3O2. The molecule has 1 unspecified atom stereocenters. The molecule has 0 aliphatic carbocycles. The minimum atomic E-state index is 0.306. The Balaban J connectivity index is 1.52. The van der Waals surface area contributed by atoms with Crippen LogP contribution in [-0.2, 0) is 16.1 Å². The van der Waals surface area contributed by atoms with Gasteiger partial charge in [0.05, 0.1) is 24.3 Å². The summed E-state index contributed by atoms with van der Waals surface area (Å²) in [5, 5.41) is 0. The van der Waals surface area contributed by atoms with Crippen molar-refractivity contribution in [1.82, 2.24) is 14.5 Å². The van der Waals surface area contributed by atoms with Crippen LogP contribution in [0.4, 0.5) is 0 Å². The van der Waals surface area contributed by atoms with Crippen LogP contribution in [0.3, 0.4) is 0 Å². The Labute approximate surface area is 148 Å². The van der Waals surface area contributed by atoms with E-state index < -0.39 is 0 Å². The fourth-order valence-electron chi connectivity index (χ4n) is 3.94. The first kappa shape index (κ1) is 16.3. The molecule has 1 aromatic heterocycles. The third-order valence-electron chi connectivity index (χ3n) is 5.24. The van der Waals surface area contributed by atoms with Crippen LogP contribution in [0, 0.1) is 0 Å². The van der Waals surface area contributed by atoms with Crippen LogP contribution in [0.5, 0.6) is 0 Å². The van der Waals surface area contributed by atoms with Gasteiger partial charge >= 0.3 is 0 Å². The van der Waals surface area contributed by atoms with E-state index in [1.54, 1.807) is 0 Å². The molecule has 2 fully saturated rings. The molecule has 5 nitrogen and oxygen atoms in total. The summed E-state index contributed by atoms with van der Waals surface area (Å²) in [6.45, 7) is 4.26. The van der Waals surface area contributed by atoms with Gasteiger partial charge in [0.1, 0.15) is 0 Å². The zero-order valence-electron chi connectivity index (χ0n) is 14.6. The molecule has 0 saturated carbocycles. The maximum atomic E-state index is 11.8. The molecule has 2 aromatic rings. The van der Waals surface area contributed by atoms with E-state index in [-0.39, 0.29) is 0 Å². The summed E-state index contributed by atoms with van der Waals surface area (Å²) in [7, 11) is 0. The second-order valence-electron chi connectivity index (χ2n) is 6.94. The molecule has 0 bridgehead atoms. The van der Waals surface area contributed by atoms with Crippen LogP contribution >= 0.6 is 0 Å². The molecule has 5 heteroatoms. The number of hydrogen-bond donors (Lipinski definition) is 0. The van der Waals surface area contributed by atoms with Crippen LogP contribution in [0.15, 0.2) is 36.7 Å². The molecule has 1 aromatic carbocycles. The van der Waals surface area contributed by atoms with Gasteiger partial charge in [0, 0.05) is 44.1 Å². The van der Waals surface area contributed by atoms with Gasteiger partial charge in [-0.15, -0.1) is 0 Å². The molecule has 132 valence electrons. The van der Waals surface area contributed by atoms with Gasteiger partial charge in [-0.2, -0.15) is 0 Å². The zero-order valence-corrected chi connectivity index (χ0v) is 14.6. The van der Waals surface area contributed by atoms with Crippen molar-refractivity contribution in [2.45, 2.75) is 38.1 Å². The lowest BCUT2D eigenvalue weighted by Gasteiger charge is -2.18. The van der Waals surface area contributed by atoms with Gasteiger partial charge in [0.25, 0.3) is 0 Å².